The third-order valence-corrected chi connectivity index (χ3v) is 9.81. The van der Waals surface area contributed by atoms with Crippen molar-refractivity contribution >= 4 is 58.1 Å². The number of aromatic carboxylic acids is 1. The van der Waals surface area contributed by atoms with Gasteiger partial charge in [-0.05, 0) is 72.0 Å². The Bertz CT molecular complexity index is 1570. The number of carboxylic acid groups (broad SMARTS) is 1. The van der Waals surface area contributed by atoms with Gasteiger partial charge in [0.2, 0.25) is 5.91 Å². The second-order valence-electron chi connectivity index (χ2n) is 12.5. The van der Waals surface area contributed by atoms with Crippen LogP contribution in [-0.2, 0) is 10.2 Å². The van der Waals surface area contributed by atoms with E-state index >= 15 is 0 Å². The van der Waals surface area contributed by atoms with E-state index in [1.54, 1.807) is 12.1 Å². The Morgan fingerprint density at radius 1 is 1.12 bits per heavy atom. The highest BCUT2D eigenvalue weighted by Crippen LogP contribution is 2.60. The molecule has 1 spiro atoms. The zero-order valence-electron chi connectivity index (χ0n) is 24.8. The maximum absolute atomic E-state index is 14.6. The smallest absolute Gasteiger partial charge is 0.335 e. The van der Waals surface area contributed by atoms with Crippen LogP contribution in [0.2, 0.25) is 15.1 Å². The number of fused-ring (bicyclic) bond motifs is 2. The number of nitrogens with zero attached hydrogens (tertiary/aromatic N) is 1. The summed E-state index contributed by atoms with van der Waals surface area (Å²) in [6.07, 6.45) is 0.795. The number of hydrogen-bond donors (Lipinski definition) is 3. The summed E-state index contributed by atoms with van der Waals surface area (Å²) in [6, 6.07) is 15.1. The number of methoxy groups -OCH3 is 1. The van der Waals surface area contributed by atoms with Gasteiger partial charge in [0.15, 0.2) is 0 Å². The Labute approximate surface area is 267 Å². The van der Waals surface area contributed by atoms with Gasteiger partial charge in [-0.1, -0.05) is 74.6 Å². The molecule has 0 bridgehead atoms. The van der Waals surface area contributed by atoms with Crippen LogP contribution in [0.15, 0.2) is 54.6 Å². The summed E-state index contributed by atoms with van der Waals surface area (Å²) in [5.74, 6) is -1.50. The molecule has 228 valence electrons. The van der Waals surface area contributed by atoms with E-state index in [2.05, 4.69) is 43.2 Å². The monoisotopic (exact) mass is 643 g/mol. The summed E-state index contributed by atoms with van der Waals surface area (Å²) in [5, 5.41) is 17.6. The number of rotatable bonds is 7. The molecule has 7 nitrogen and oxygen atoms in total. The lowest BCUT2D eigenvalue weighted by molar-refractivity contribution is -0.121. The van der Waals surface area contributed by atoms with Gasteiger partial charge in [-0.2, -0.15) is 0 Å². The number of ether oxygens (including phenoxy) is 1. The van der Waals surface area contributed by atoms with E-state index in [0.717, 1.165) is 23.2 Å². The lowest BCUT2D eigenvalue weighted by atomic mass is 9.63. The average Bonchev–Trinajstić information content (AvgIpc) is 3.45. The molecule has 1 saturated heterocycles. The molecule has 0 unspecified atom stereocenters. The fraction of sp³-hybridized carbons (Fsp3) is 0.394. The molecular formula is C33H36Cl3N3O4. The number of carbonyl (C=O) groups is 2. The molecule has 2 heterocycles. The first-order valence-corrected chi connectivity index (χ1v) is 15.4. The van der Waals surface area contributed by atoms with Gasteiger partial charge in [-0.15, -0.1) is 0 Å². The number of nitrogens with one attached hydrogen (secondary N) is 2. The lowest BCUT2D eigenvalue weighted by Crippen LogP contribution is -2.48. The van der Waals surface area contributed by atoms with Crippen LogP contribution in [0.3, 0.4) is 0 Å². The molecule has 43 heavy (non-hydrogen) atoms. The number of likely N-dealkylation sites (N-methyl/N-ethyl adjacent to an activating group) is 1. The fourth-order valence-corrected chi connectivity index (χ4v) is 7.68. The molecule has 4 atom stereocenters. The first-order chi connectivity index (χ1) is 20.3. The summed E-state index contributed by atoms with van der Waals surface area (Å²) < 4.78 is 5.48. The normalized spacial score (nSPS) is 23.2. The first-order valence-electron chi connectivity index (χ1n) is 14.3. The van der Waals surface area contributed by atoms with Crippen LogP contribution >= 0.6 is 34.8 Å². The van der Waals surface area contributed by atoms with Gasteiger partial charge in [-0.3, -0.25) is 9.69 Å². The van der Waals surface area contributed by atoms with Gasteiger partial charge < -0.3 is 20.5 Å². The van der Waals surface area contributed by atoms with Gasteiger partial charge in [-0.25, -0.2) is 4.79 Å². The molecule has 10 heteroatoms. The van der Waals surface area contributed by atoms with Crippen molar-refractivity contribution in [3.8, 4) is 5.75 Å². The van der Waals surface area contributed by atoms with Crippen LogP contribution in [0, 0.1) is 5.41 Å². The van der Waals surface area contributed by atoms with Gasteiger partial charge in [0.1, 0.15) is 5.75 Å². The Balaban J connectivity index is 1.74. The molecule has 2 aliphatic heterocycles. The number of hydrogen-bond acceptors (Lipinski definition) is 5. The zero-order chi connectivity index (χ0) is 31.3. The molecule has 0 aliphatic carbocycles. The number of benzene rings is 3. The molecule has 5 rings (SSSR count). The topological polar surface area (TPSA) is 90.9 Å². The fourth-order valence-electron chi connectivity index (χ4n) is 7.08. The van der Waals surface area contributed by atoms with Crippen LogP contribution in [0.1, 0.15) is 61.5 Å². The van der Waals surface area contributed by atoms with E-state index in [1.165, 1.54) is 19.2 Å². The maximum Gasteiger partial charge on any atom is 0.335 e. The van der Waals surface area contributed by atoms with E-state index < -0.39 is 23.3 Å². The van der Waals surface area contributed by atoms with Crippen molar-refractivity contribution in [2.75, 3.05) is 30.8 Å². The highest BCUT2D eigenvalue weighted by molar-refractivity contribution is 6.42. The molecule has 0 aromatic heterocycles. The minimum absolute atomic E-state index is 0.0594. The van der Waals surface area contributed by atoms with Crippen LogP contribution in [0.4, 0.5) is 11.4 Å². The standard InChI is InChI=1S/C33H36Cl3N3O4/c1-6-39-26(16-32(2,3)4)33(17-37-23-13-11-19(34)15-21(23)33)27(20-8-7-9-22(35)28(20)36)29(39)30(40)38-24-12-10-18(31(41)42)14-25(24)43-5/h7-15,26-27,29,37H,6,16-17H2,1-5H3,(H,38,40)(H,41,42)/t26-,27-,29+,33-/m0/s1. The molecule has 3 aromatic rings. The van der Waals surface area contributed by atoms with E-state index in [4.69, 9.17) is 39.5 Å². The third kappa shape index (κ3) is 5.57. The van der Waals surface area contributed by atoms with Gasteiger partial charge >= 0.3 is 5.97 Å². The van der Waals surface area contributed by atoms with E-state index in [0.29, 0.717) is 33.8 Å². The van der Waals surface area contributed by atoms with Crippen molar-refractivity contribution < 1.29 is 19.4 Å². The Kier molecular flexibility index (Phi) is 8.67. The quantitative estimate of drug-likeness (QED) is 0.242. The predicted molar refractivity (Wildman–Crippen MR) is 173 cm³/mol. The molecular weight excluding hydrogens is 609 g/mol. The molecule has 3 aromatic carbocycles. The second-order valence-corrected chi connectivity index (χ2v) is 13.7. The number of amides is 1. The van der Waals surface area contributed by atoms with Crippen molar-refractivity contribution in [2.45, 2.75) is 57.5 Å². The van der Waals surface area contributed by atoms with E-state index in [-0.39, 0.29) is 28.7 Å². The molecule has 0 saturated carbocycles. The first kappa shape index (κ1) is 31.5. The molecule has 1 amide bonds. The highest BCUT2D eigenvalue weighted by atomic mass is 35.5. The molecule has 1 fully saturated rings. The second kappa shape index (κ2) is 11.8. The summed E-state index contributed by atoms with van der Waals surface area (Å²) in [5.41, 5.74) is 2.59. The van der Waals surface area contributed by atoms with Crippen LogP contribution in [-0.4, -0.2) is 54.2 Å². The summed E-state index contributed by atoms with van der Waals surface area (Å²) in [7, 11) is 1.44. The average molecular weight is 645 g/mol. The lowest BCUT2D eigenvalue weighted by Gasteiger charge is -2.41. The van der Waals surface area contributed by atoms with Crippen molar-refractivity contribution in [2.24, 2.45) is 5.41 Å². The molecule has 0 radical (unpaired) electrons. The third-order valence-electron chi connectivity index (χ3n) is 8.74. The SMILES string of the molecule is CCN1[C@@H](CC(C)(C)C)[C@@]2(CNc3ccc(Cl)cc32)[C@@H](c2cccc(Cl)c2Cl)[C@@H]1C(=O)Nc1ccc(C(=O)O)cc1OC. The molecule has 2 aliphatic rings. The van der Waals surface area contributed by atoms with Crippen molar-refractivity contribution in [3.05, 3.63) is 86.4 Å². The number of carbonyl (C=O) groups excluding carboxylic acids is 1. The maximum atomic E-state index is 14.6. The number of likely N-dealkylation sites (tertiary alicyclic amines) is 1. The highest BCUT2D eigenvalue weighted by Gasteiger charge is 2.64. The minimum atomic E-state index is -1.09. The summed E-state index contributed by atoms with van der Waals surface area (Å²) in [4.78, 5) is 28.5. The largest absolute Gasteiger partial charge is 0.495 e. The summed E-state index contributed by atoms with van der Waals surface area (Å²) in [6.45, 7) is 9.86. The zero-order valence-corrected chi connectivity index (χ0v) is 27.1. The Morgan fingerprint density at radius 2 is 1.86 bits per heavy atom. The van der Waals surface area contributed by atoms with Crippen LogP contribution < -0.4 is 15.4 Å². The van der Waals surface area contributed by atoms with Crippen LogP contribution in [0.25, 0.3) is 0 Å². The van der Waals surface area contributed by atoms with E-state index in [1.807, 2.05) is 30.3 Å². The number of anilines is 2. The van der Waals surface area contributed by atoms with Crippen LogP contribution in [0.5, 0.6) is 5.75 Å². The Hall–Kier alpha value is -2.97. The Morgan fingerprint density at radius 3 is 2.51 bits per heavy atom. The van der Waals surface area contributed by atoms with Gasteiger partial charge in [0, 0.05) is 34.6 Å². The van der Waals surface area contributed by atoms with Crippen molar-refractivity contribution in [1.82, 2.24) is 4.90 Å². The molecule has 3 N–H and O–H groups in total. The van der Waals surface area contributed by atoms with Gasteiger partial charge in [0.05, 0.1) is 34.4 Å². The number of halogens is 3. The van der Waals surface area contributed by atoms with Crippen molar-refractivity contribution in [3.63, 3.8) is 0 Å². The number of carboxylic acids is 1. The van der Waals surface area contributed by atoms with Gasteiger partial charge in [0.25, 0.3) is 0 Å². The van der Waals surface area contributed by atoms with E-state index in [9.17, 15) is 14.7 Å². The van der Waals surface area contributed by atoms with Crippen molar-refractivity contribution in [1.29, 1.82) is 0 Å². The predicted octanol–water partition coefficient (Wildman–Crippen LogP) is 7.95. The summed E-state index contributed by atoms with van der Waals surface area (Å²) >= 11 is 20.2. The minimum Gasteiger partial charge on any atom is -0.495 e.